The maximum atomic E-state index is 4.89. The Kier molecular flexibility index (Phi) is 12.9. The van der Waals surface area contributed by atoms with Crippen molar-refractivity contribution >= 4 is 13.3 Å². The van der Waals surface area contributed by atoms with Gasteiger partial charge in [0.1, 0.15) is 0 Å². The van der Waals surface area contributed by atoms with E-state index in [1.54, 1.807) is 0 Å². The summed E-state index contributed by atoms with van der Waals surface area (Å²) in [5.74, 6) is 0.326. The molecule has 0 amide bonds. The molecule has 0 N–H and O–H groups in total. The van der Waals surface area contributed by atoms with E-state index in [4.69, 9.17) is 4.98 Å². The van der Waals surface area contributed by atoms with Gasteiger partial charge in [-0.25, -0.2) is 0 Å². The molecule has 2 nitrogen and oxygen atoms in total. The average molecular weight is 837 g/mol. The predicted molar refractivity (Wildman–Crippen MR) is 207 cm³/mol. The first-order valence-corrected chi connectivity index (χ1v) is 20.4. The van der Waals surface area contributed by atoms with Crippen molar-refractivity contribution in [3.05, 3.63) is 162 Å². The van der Waals surface area contributed by atoms with Gasteiger partial charge >= 0.3 is 0 Å². The molecule has 1 atom stereocenters. The number of hydrogen-bond acceptors (Lipinski definition) is 2. The molecule has 1 unspecified atom stereocenters. The molecule has 0 spiro atoms. The fraction of sp³-hybridized carbons (Fsp3) is 0.244. The molecule has 6 aromatic rings. The van der Waals surface area contributed by atoms with Crippen molar-refractivity contribution in [2.45, 2.75) is 66.6 Å². The molecule has 0 fully saturated rings. The topological polar surface area (TPSA) is 25.8 Å². The summed E-state index contributed by atoms with van der Waals surface area (Å²) in [5.41, 5.74) is 12.2. The van der Waals surface area contributed by atoms with Gasteiger partial charge in [0.15, 0.2) is 0 Å². The van der Waals surface area contributed by atoms with Crippen LogP contribution >= 0.6 is 0 Å². The van der Waals surface area contributed by atoms with Gasteiger partial charge in [-0.05, 0) is 57.6 Å². The number of benzene rings is 4. The minimum atomic E-state index is -1.53. The van der Waals surface area contributed by atoms with Crippen molar-refractivity contribution in [2.24, 2.45) is 5.41 Å². The summed E-state index contributed by atoms with van der Waals surface area (Å²) in [6.45, 7) is 18.4. The Hall–Kier alpha value is -3.95. The second kappa shape index (κ2) is 16.6. The van der Waals surface area contributed by atoms with Gasteiger partial charge in [0.2, 0.25) is 0 Å². The van der Waals surface area contributed by atoms with E-state index in [1.807, 2.05) is 36.5 Å². The van der Waals surface area contributed by atoms with Crippen LogP contribution in [-0.2, 0) is 26.5 Å². The average Bonchev–Trinajstić information content (AvgIpc) is 3.09. The second-order valence-electron chi connectivity index (χ2n) is 14.9. The number of pyridine rings is 2. The number of rotatable bonds is 7. The molecule has 253 valence electrons. The molecule has 0 bridgehead atoms. The Labute approximate surface area is 309 Å². The molecular weight excluding hydrogens is 789 g/mol. The van der Waals surface area contributed by atoms with Crippen LogP contribution in [0.5, 0.6) is 0 Å². The van der Waals surface area contributed by atoms with Crippen LogP contribution in [0.15, 0.2) is 128 Å². The first-order valence-electron chi connectivity index (χ1n) is 16.9. The van der Waals surface area contributed by atoms with Crippen LogP contribution in [0.25, 0.3) is 33.6 Å². The third-order valence-electron chi connectivity index (χ3n) is 8.62. The molecule has 2 aromatic heterocycles. The fourth-order valence-electron chi connectivity index (χ4n) is 5.98. The number of hydrogen-bond donors (Lipinski definition) is 0. The number of aromatic nitrogens is 2. The van der Waals surface area contributed by atoms with Gasteiger partial charge in [-0.15, -0.1) is 71.3 Å². The molecule has 4 aromatic carbocycles. The first-order chi connectivity index (χ1) is 22.9. The standard InChI is InChI=1S/C28H28NSi.C17H20N.Ir/c1-21(22-12-7-5-8-13-22)26-19-27(29-20-28(26)30(2,3)4)25-17-11-16-24(18-25)23-14-9-6-10-15-23;1-13-12-18-16(14-8-6-5-7-9-14)10-15(13)11-17(2,3)4;/h5-16,18-21H,1-4H3;5-8,10,12H,11H2,1-4H3;/q2*-1;. The Bertz CT molecular complexity index is 1930. The minimum absolute atomic E-state index is 0. The van der Waals surface area contributed by atoms with Gasteiger partial charge < -0.3 is 9.97 Å². The SMILES string of the molecule is CC(c1ccccc1)c1cc(-c2[c-]ccc(-c3ccccc3)c2)ncc1[Si](C)(C)C.Cc1cnc(-c2[c-]cccc2)cc1CC(C)(C)C.[Ir]. The molecule has 6 rings (SSSR count). The van der Waals surface area contributed by atoms with E-state index in [-0.39, 0.29) is 20.1 Å². The molecule has 0 aliphatic carbocycles. The Morgan fingerprint density at radius 2 is 1.29 bits per heavy atom. The Morgan fingerprint density at radius 3 is 1.92 bits per heavy atom. The largest absolute Gasteiger partial charge is 0.305 e. The van der Waals surface area contributed by atoms with Crippen LogP contribution in [0.4, 0.5) is 0 Å². The van der Waals surface area contributed by atoms with Crippen molar-refractivity contribution in [3.63, 3.8) is 0 Å². The summed E-state index contributed by atoms with van der Waals surface area (Å²) >= 11 is 0. The van der Waals surface area contributed by atoms with Crippen LogP contribution < -0.4 is 5.19 Å². The maximum Gasteiger partial charge on any atom is 0.0799 e. The molecule has 4 heteroatoms. The molecule has 2 heterocycles. The summed E-state index contributed by atoms with van der Waals surface area (Å²) < 4.78 is 0. The van der Waals surface area contributed by atoms with Crippen LogP contribution in [-0.4, -0.2) is 18.0 Å². The monoisotopic (exact) mass is 837 g/mol. The normalized spacial score (nSPS) is 11.9. The van der Waals surface area contributed by atoms with Gasteiger partial charge in [-0.3, -0.25) is 0 Å². The number of aryl methyl sites for hydroxylation is 1. The third kappa shape index (κ3) is 10.3. The van der Waals surface area contributed by atoms with Crippen LogP contribution in [0.1, 0.15) is 55.9 Å². The van der Waals surface area contributed by atoms with E-state index in [2.05, 4.69) is 163 Å². The van der Waals surface area contributed by atoms with E-state index < -0.39 is 8.07 Å². The molecular formula is C45H48IrN2Si-2. The van der Waals surface area contributed by atoms with E-state index in [0.29, 0.717) is 11.3 Å². The predicted octanol–water partition coefficient (Wildman–Crippen LogP) is 11.4. The Balaban J connectivity index is 0.000000244. The summed E-state index contributed by atoms with van der Waals surface area (Å²) in [4.78, 5) is 9.40. The van der Waals surface area contributed by atoms with Gasteiger partial charge in [-0.2, -0.15) is 0 Å². The maximum absolute atomic E-state index is 4.89. The van der Waals surface area contributed by atoms with Crippen molar-refractivity contribution in [2.75, 3.05) is 0 Å². The van der Waals surface area contributed by atoms with Crippen molar-refractivity contribution < 1.29 is 20.1 Å². The zero-order chi connectivity index (χ0) is 34.3. The third-order valence-corrected chi connectivity index (χ3v) is 10.6. The molecule has 0 aliphatic rings. The summed E-state index contributed by atoms with van der Waals surface area (Å²) in [5, 5.41) is 1.43. The second-order valence-corrected chi connectivity index (χ2v) is 19.9. The minimum Gasteiger partial charge on any atom is -0.305 e. The van der Waals surface area contributed by atoms with Gasteiger partial charge in [0, 0.05) is 38.4 Å². The summed E-state index contributed by atoms with van der Waals surface area (Å²) in [7, 11) is -1.53. The zero-order valence-corrected chi connectivity index (χ0v) is 33.5. The summed E-state index contributed by atoms with van der Waals surface area (Å²) in [6.07, 6.45) is 5.16. The first kappa shape index (κ1) is 37.9. The molecule has 0 saturated carbocycles. The number of nitrogens with zero attached hydrogens (tertiary/aromatic N) is 2. The molecule has 1 radical (unpaired) electrons. The van der Waals surface area contributed by atoms with Gasteiger partial charge in [0.05, 0.1) is 8.07 Å². The Morgan fingerprint density at radius 1 is 0.673 bits per heavy atom. The molecule has 0 saturated heterocycles. The molecule has 0 aliphatic heterocycles. The van der Waals surface area contributed by atoms with E-state index in [1.165, 1.54) is 38.6 Å². The van der Waals surface area contributed by atoms with Crippen molar-refractivity contribution in [1.29, 1.82) is 0 Å². The van der Waals surface area contributed by atoms with Crippen LogP contribution in [0.3, 0.4) is 0 Å². The van der Waals surface area contributed by atoms with Crippen LogP contribution in [0.2, 0.25) is 19.6 Å². The molecule has 49 heavy (non-hydrogen) atoms. The van der Waals surface area contributed by atoms with E-state index >= 15 is 0 Å². The van der Waals surface area contributed by atoms with Crippen molar-refractivity contribution in [3.8, 4) is 33.6 Å². The van der Waals surface area contributed by atoms with Crippen molar-refractivity contribution in [1.82, 2.24) is 9.97 Å². The van der Waals surface area contributed by atoms with Crippen LogP contribution in [0, 0.1) is 24.5 Å². The quantitative estimate of drug-likeness (QED) is 0.118. The van der Waals surface area contributed by atoms with E-state index in [0.717, 1.165) is 28.9 Å². The fourth-order valence-corrected chi connectivity index (χ4v) is 7.58. The smallest absolute Gasteiger partial charge is 0.0799 e. The van der Waals surface area contributed by atoms with Gasteiger partial charge in [-0.1, -0.05) is 126 Å². The summed E-state index contributed by atoms with van der Waals surface area (Å²) in [6, 6.07) is 46.7. The van der Waals surface area contributed by atoms with E-state index in [9.17, 15) is 0 Å². The zero-order valence-electron chi connectivity index (χ0n) is 30.1. The van der Waals surface area contributed by atoms with Gasteiger partial charge in [0.25, 0.3) is 0 Å².